The summed E-state index contributed by atoms with van der Waals surface area (Å²) < 4.78 is 23.8. The molecule has 1 heterocycles. The second-order valence-electron chi connectivity index (χ2n) is 6.10. The minimum Gasteiger partial charge on any atom is -0.370 e. The van der Waals surface area contributed by atoms with Gasteiger partial charge in [0.1, 0.15) is 0 Å². The highest BCUT2D eigenvalue weighted by Gasteiger charge is 2.26. The van der Waals surface area contributed by atoms with Crippen LogP contribution in [0.25, 0.3) is 0 Å². The third kappa shape index (κ3) is 4.20. The smallest absolute Gasteiger partial charge is 0.177 e. The van der Waals surface area contributed by atoms with Crippen LogP contribution in [0.15, 0.2) is 29.2 Å². The van der Waals surface area contributed by atoms with Crippen molar-refractivity contribution in [3.8, 4) is 0 Å². The molecule has 1 aromatic rings. The Kier molecular flexibility index (Phi) is 5.27. The highest BCUT2D eigenvalue weighted by molar-refractivity contribution is 7.90. The van der Waals surface area contributed by atoms with Crippen molar-refractivity contribution in [1.82, 2.24) is 4.90 Å². The molecule has 0 radical (unpaired) electrons. The largest absolute Gasteiger partial charge is 0.370 e. The predicted molar refractivity (Wildman–Crippen MR) is 87.7 cm³/mol. The maximum absolute atomic E-state index is 11.9. The zero-order valence-corrected chi connectivity index (χ0v) is 14.1. The highest BCUT2D eigenvalue weighted by atomic mass is 32.2. The predicted octanol–water partition coefficient (Wildman–Crippen LogP) is 2.26. The summed E-state index contributed by atoms with van der Waals surface area (Å²) in [6.45, 7) is 6.29. The van der Waals surface area contributed by atoms with Gasteiger partial charge in [0.2, 0.25) is 0 Å². The molecule has 1 aliphatic heterocycles. The maximum Gasteiger partial charge on any atom is 0.177 e. The normalized spacial score (nSPS) is 19.4. The molecule has 1 unspecified atom stereocenters. The van der Waals surface area contributed by atoms with Gasteiger partial charge in [-0.05, 0) is 44.5 Å². The van der Waals surface area contributed by atoms with Gasteiger partial charge in [-0.2, -0.15) is 0 Å². The van der Waals surface area contributed by atoms with Gasteiger partial charge in [0.05, 0.1) is 10.6 Å². The van der Waals surface area contributed by atoms with Crippen LogP contribution in [0.1, 0.15) is 19.8 Å². The second kappa shape index (κ2) is 6.79. The number of nitrogens with zero attached hydrogens (tertiary/aromatic N) is 2. The lowest BCUT2D eigenvalue weighted by Gasteiger charge is -2.23. The Hall–Kier alpha value is -1.07. The Morgan fingerprint density at radius 1 is 1.33 bits per heavy atom. The van der Waals surface area contributed by atoms with E-state index < -0.39 is 9.84 Å². The molecule has 1 saturated heterocycles. The van der Waals surface area contributed by atoms with E-state index in [1.54, 1.807) is 12.1 Å². The van der Waals surface area contributed by atoms with E-state index >= 15 is 0 Å². The van der Waals surface area contributed by atoms with E-state index in [9.17, 15) is 8.42 Å². The van der Waals surface area contributed by atoms with Gasteiger partial charge in [-0.25, -0.2) is 8.42 Å². The Bertz CT molecular complexity index is 571. The van der Waals surface area contributed by atoms with Gasteiger partial charge < -0.3 is 9.80 Å². The second-order valence-corrected chi connectivity index (χ2v) is 8.09. The van der Waals surface area contributed by atoms with E-state index in [-0.39, 0.29) is 0 Å². The number of para-hydroxylation sites is 1. The summed E-state index contributed by atoms with van der Waals surface area (Å²) in [6, 6.07) is 7.35. The molecule has 1 aromatic carbocycles. The number of sulfone groups is 1. The lowest BCUT2D eigenvalue weighted by Crippen LogP contribution is -2.29. The number of hydrogen-bond donors (Lipinski definition) is 0. The minimum absolute atomic E-state index is 0.451. The van der Waals surface area contributed by atoms with E-state index in [4.69, 9.17) is 0 Å². The van der Waals surface area contributed by atoms with Crippen LogP contribution in [-0.4, -0.2) is 52.8 Å². The molecule has 4 nitrogen and oxygen atoms in total. The van der Waals surface area contributed by atoms with Crippen molar-refractivity contribution in [2.75, 3.05) is 44.4 Å². The van der Waals surface area contributed by atoms with Crippen LogP contribution in [0.4, 0.5) is 5.69 Å². The molecule has 0 spiro atoms. The van der Waals surface area contributed by atoms with Crippen molar-refractivity contribution in [3.05, 3.63) is 24.3 Å². The summed E-state index contributed by atoms with van der Waals surface area (Å²) in [7, 11) is -1.01. The van der Waals surface area contributed by atoms with Gasteiger partial charge >= 0.3 is 0 Å². The molecule has 0 saturated carbocycles. The van der Waals surface area contributed by atoms with Crippen molar-refractivity contribution in [2.45, 2.75) is 24.7 Å². The lowest BCUT2D eigenvalue weighted by molar-refractivity contribution is 0.287. The molecule has 1 aliphatic rings. The van der Waals surface area contributed by atoms with Gasteiger partial charge in [0.25, 0.3) is 0 Å². The van der Waals surface area contributed by atoms with Crippen LogP contribution in [0.2, 0.25) is 0 Å². The first-order valence-corrected chi connectivity index (χ1v) is 9.53. The van der Waals surface area contributed by atoms with Gasteiger partial charge in [-0.1, -0.05) is 19.1 Å². The van der Waals surface area contributed by atoms with E-state index in [2.05, 4.69) is 23.8 Å². The number of rotatable bonds is 6. The van der Waals surface area contributed by atoms with Crippen molar-refractivity contribution >= 4 is 15.5 Å². The zero-order chi connectivity index (χ0) is 15.5. The quantitative estimate of drug-likeness (QED) is 0.808. The van der Waals surface area contributed by atoms with Crippen LogP contribution in [0.5, 0.6) is 0 Å². The van der Waals surface area contributed by atoms with Gasteiger partial charge in [0.15, 0.2) is 9.84 Å². The molecule has 21 heavy (non-hydrogen) atoms. The highest BCUT2D eigenvalue weighted by Crippen LogP contribution is 2.30. The van der Waals surface area contributed by atoms with E-state index in [1.165, 1.54) is 12.7 Å². The zero-order valence-electron chi connectivity index (χ0n) is 13.2. The first-order chi connectivity index (χ1) is 9.91. The molecule has 5 heteroatoms. The number of hydrogen-bond acceptors (Lipinski definition) is 4. The van der Waals surface area contributed by atoms with Crippen LogP contribution in [0.3, 0.4) is 0 Å². The SMILES string of the molecule is CCCN(C)CC1CCN(c2ccccc2S(C)(=O)=O)C1. The fraction of sp³-hybridized carbons (Fsp3) is 0.625. The van der Waals surface area contributed by atoms with E-state index in [1.807, 2.05) is 12.1 Å². The average Bonchev–Trinajstić information content (AvgIpc) is 2.86. The summed E-state index contributed by atoms with van der Waals surface area (Å²) in [5, 5.41) is 0. The molecular weight excluding hydrogens is 284 g/mol. The van der Waals surface area contributed by atoms with Crippen molar-refractivity contribution < 1.29 is 8.42 Å². The molecule has 118 valence electrons. The molecule has 0 N–H and O–H groups in total. The number of benzene rings is 1. The standard InChI is InChI=1S/C16H26N2O2S/c1-4-10-17(2)12-14-9-11-18(13-14)15-7-5-6-8-16(15)21(3,19)20/h5-8,14H,4,9-13H2,1-3H3. The fourth-order valence-electron chi connectivity index (χ4n) is 3.15. The topological polar surface area (TPSA) is 40.6 Å². The third-order valence-electron chi connectivity index (χ3n) is 4.07. The van der Waals surface area contributed by atoms with E-state index in [0.717, 1.165) is 38.3 Å². The summed E-state index contributed by atoms with van der Waals surface area (Å²) in [5.41, 5.74) is 0.862. The van der Waals surface area contributed by atoms with Crippen LogP contribution in [-0.2, 0) is 9.84 Å². The molecule has 0 bridgehead atoms. The van der Waals surface area contributed by atoms with Gasteiger partial charge in [0, 0.05) is 25.9 Å². The van der Waals surface area contributed by atoms with Crippen molar-refractivity contribution in [1.29, 1.82) is 0 Å². The first-order valence-electron chi connectivity index (χ1n) is 7.64. The van der Waals surface area contributed by atoms with Crippen molar-refractivity contribution in [3.63, 3.8) is 0 Å². The summed E-state index contributed by atoms with van der Waals surface area (Å²) in [6.07, 6.45) is 3.59. The fourth-order valence-corrected chi connectivity index (χ4v) is 4.05. The summed E-state index contributed by atoms with van der Waals surface area (Å²) in [5.74, 6) is 0.620. The van der Waals surface area contributed by atoms with Crippen LogP contribution >= 0.6 is 0 Å². The maximum atomic E-state index is 11.9. The monoisotopic (exact) mass is 310 g/mol. The van der Waals surface area contributed by atoms with Crippen molar-refractivity contribution in [2.24, 2.45) is 5.92 Å². The van der Waals surface area contributed by atoms with Gasteiger partial charge in [-0.15, -0.1) is 0 Å². The molecule has 1 fully saturated rings. The number of anilines is 1. The van der Waals surface area contributed by atoms with E-state index in [0.29, 0.717) is 10.8 Å². The van der Waals surface area contributed by atoms with Crippen LogP contribution < -0.4 is 4.90 Å². The van der Waals surface area contributed by atoms with Gasteiger partial charge in [-0.3, -0.25) is 0 Å². The Morgan fingerprint density at radius 3 is 2.71 bits per heavy atom. The van der Waals surface area contributed by atoms with Crippen LogP contribution in [0, 0.1) is 5.92 Å². The average molecular weight is 310 g/mol. The minimum atomic E-state index is -3.17. The molecule has 0 aromatic heterocycles. The summed E-state index contributed by atoms with van der Waals surface area (Å²) in [4.78, 5) is 5.05. The Balaban J connectivity index is 2.09. The molecular formula is C16H26N2O2S. The lowest BCUT2D eigenvalue weighted by atomic mass is 10.1. The molecule has 0 aliphatic carbocycles. The third-order valence-corrected chi connectivity index (χ3v) is 5.21. The molecule has 2 rings (SSSR count). The Labute approximate surface area is 128 Å². The Morgan fingerprint density at radius 2 is 2.05 bits per heavy atom. The molecule has 0 amide bonds. The summed E-state index contributed by atoms with van der Waals surface area (Å²) >= 11 is 0. The first kappa shape index (κ1) is 16.3. The molecule has 1 atom stereocenters.